The molecule has 4 aromatic heterocycles. The SMILES string of the molecule is CN1CC[C@@](O)(c2cc(-c3cccc(-c4ccnc(Nc5cc6n(n5)CCN(CC(F)(F)F)C6)n4)n3)no2)C1=O. The summed E-state index contributed by atoms with van der Waals surface area (Å²) in [6.45, 7) is 0.168. The van der Waals surface area contributed by atoms with Crippen LogP contribution in [0.25, 0.3) is 22.8 Å². The number of nitrogens with zero attached hydrogens (tertiary/aromatic N) is 8. The Morgan fingerprint density at radius 2 is 1.85 bits per heavy atom. The molecule has 0 aromatic carbocycles. The van der Waals surface area contributed by atoms with E-state index in [1.54, 1.807) is 48.3 Å². The number of likely N-dealkylation sites (tertiary alicyclic amines) is 1. The van der Waals surface area contributed by atoms with E-state index in [-0.39, 0.29) is 31.2 Å². The summed E-state index contributed by atoms with van der Waals surface area (Å²) in [7, 11) is 1.61. The molecule has 2 aliphatic rings. The maximum Gasteiger partial charge on any atom is 0.401 e. The first-order chi connectivity index (χ1) is 19.1. The van der Waals surface area contributed by atoms with Crippen LogP contribution < -0.4 is 5.32 Å². The van der Waals surface area contributed by atoms with Gasteiger partial charge >= 0.3 is 6.18 Å². The highest BCUT2D eigenvalue weighted by atomic mass is 19.4. The summed E-state index contributed by atoms with van der Waals surface area (Å²) in [6, 6.07) is 10.1. The Bertz CT molecular complexity index is 1570. The number of aromatic nitrogens is 6. The molecule has 6 rings (SSSR count). The molecule has 208 valence electrons. The summed E-state index contributed by atoms with van der Waals surface area (Å²) < 4.78 is 45.4. The maximum atomic E-state index is 12.8. The van der Waals surface area contributed by atoms with E-state index < -0.39 is 24.2 Å². The van der Waals surface area contributed by atoms with Gasteiger partial charge in [-0.25, -0.2) is 15.0 Å². The van der Waals surface area contributed by atoms with E-state index in [9.17, 15) is 23.1 Å². The molecule has 2 aliphatic heterocycles. The van der Waals surface area contributed by atoms with E-state index in [2.05, 4.69) is 30.5 Å². The van der Waals surface area contributed by atoms with E-state index in [0.717, 1.165) is 0 Å². The molecule has 4 aromatic rings. The molecule has 1 atom stereocenters. The number of carbonyl (C=O) groups is 1. The number of rotatable bonds is 6. The van der Waals surface area contributed by atoms with Gasteiger partial charge in [0.05, 0.1) is 35.9 Å². The van der Waals surface area contributed by atoms with Crippen molar-refractivity contribution in [2.75, 3.05) is 32.0 Å². The van der Waals surface area contributed by atoms with Crippen molar-refractivity contribution in [2.45, 2.75) is 31.3 Å². The number of hydrogen-bond acceptors (Lipinski definition) is 10. The third-order valence-electron chi connectivity index (χ3n) is 6.88. The normalized spacial score (nSPS) is 19.7. The summed E-state index contributed by atoms with van der Waals surface area (Å²) >= 11 is 0. The summed E-state index contributed by atoms with van der Waals surface area (Å²) in [5.74, 6) is 0.266. The standard InChI is InChI=1S/C25H24F3N9O3/c1-35-8-6-24(39,22(35)38)20-12-19(34-40-20)17-4-2-3-16(30-17)18-5-7-29-23(31-18)32-21-11-15-13-36(14-25(26,27)28)9-10-37(15)33-21/h2-5,7,11-12,39H,6,8-10,13-14H2,1H3,(H,29,31,32,33)/t24-/m1/s1. The molecule has 1 fully saturated rings. The van der Waals surface area contributed by atoms with E-state index in [1.807, 2.05) is 0 Å². The Hall–Kier alpha value is -4.37. The molecule has 0 bridgehead atoms. The average Bonchev–Trinajstić information content (AvgIpc) is 3.63. The van der Waals surface area contributed by atoms with Gasteiger partial charge in [-0.2, -0.15) is 18.3 Å². The Kier molecular flexibility index (Phi) is 6.26. The number of aliphatic hydroxyl groups is 1. The third-order valence-corrected chi connectivity index (χ3v) is 6.88. The number of halogens is 3. The molecule has 0 radical (unpaired) electrons. The van der Waals surface area contributed by atoms with Crippen molar-refractivity contribution >= 4 is 17.7 Å². The Morgan fingerprint density at radius 1 is 1.07 bits per heavy atom. The molecule has 2 N–H and O–H groups in total. The van der Waals surface area contributed by atoms with Crippen LogP contribution in [0, 0.1) is 0 Å². The predicted octanol–water partition coefficient (Wildman–Crippen LogP) is 2.56. The highest BCUT2D eigenvalue weighted by molar-refractivity contribution is 5.87. The zero-order chi connectivity index (χ0) is 28.1. The zero-order valence-corrected chi connectivity index (χ0v) is 21.3. The lowest BCUT2D eigenvalue weighted by atomic mass is 9.98. The van der Waals surface area contributed by atoms with Crippen LogP contribution in [0.2, 0.25) is 0 Å². The molecule has 1 saturated heterocycles. The van der Waals surface area contributed by atoms with Crippen LogP contribution in [0.1, 0.15) is 17.9 Å². The van der Waals surface area contributed by atoms with Crippen molar-refractivity contribution in [3.63, 3.8) is 0 Å². The van der Waals surface area contributed by atoms with Gasteiger partial charge in [-0.3, -0.25) is 14.4 Å². The molecule has 40 heavy (non-hydrogen) atoms. The lowest BCUT2D eigenvalue weighted by molar-refractivity contribution is -0.149. The summed E-state index contributed by atoms with van der Waals surface area (Å²) in [5, 5.41) is 22.3. The number of fused-ring (bicyclic) bond motifs is 1. The Morgan fingerprint density at radius 3 is 2.60 bits per heavy atom. The number of anilines is 2. The van der Waals surface area contributed by atoms with Gasteiger partial charge in [-0.1, -0.05) is 11.2 Å². The second-order valence-corrected chi connectivity index (χ2v) is 9.78. The lowest BCUT2D eigenvalue weighted by Gasteiger charge is -2.27. The van der Waals surface area contributed by atoms with Crippen molar-refractivity contribution in [3.8, 4) is 22.8 Å². The van der Waals surface area contributed by atoms with Gasteiger partial charge in [-0.15, -0.1) is 0 Å². The van der Waals surface area contributed by atoms with Crippen LogP contribution in [-0.4, -0.2) is 83.6 Å². The Labute approximate surface area is 225 Å². The van der Waals surface area contributed by atoms with Gasteiger partial charge in [0.1, 0.15) is 5.69 Å². The van der Waals surface area contributed by atoms with E-state index >= 15 is 0 Å². The highest BCUT2D eigenvalue weighted by Gasteiger charge is 2.48. The minimum Gasteiger partial charge on any atom is -0.373 e. The molecule has 15 heteroatoms. The zero-order valence-electron chi connectivity index (χ0n) is 21.3. The number of likely N-dealkylation sites (N-methyl/N-ethyl adjacent to an activating group) is 1. The lowest BCUT2D eigenvalue weighted by Crippen LogP contribution is -2.39. The smallest absolute Gasteiger partial charge is 0.373 e. The fraction of sp³-hybridized carbons (Fsp3) is 0.360. The molecular formula is C25H24F3N9O3. The fourth-order valence-corrected chi connectivity index (χ4v) is 4.84. The van der Waals surface area contributed by atoms with Crippen LogP contribution in [0.5, 0.6) is 0 Å². The van der Waals surface area contributed by atoms with E-state index in [0.29, 0.717) is 47.4 Å². The number of alkyl halides is 3. The summed E-state index contributed by atoms with van der Waals surface area (Å²) in [5.41, 5.74) is 0.709. The van der Waals surface area contributed by atoms with Crippen LogP contribution >= 0.6 is 0 Å². The van der Waals surface area contributed by atoms with Crippen LogP contribution in [0.3, 0.4) is 0 Å². The van der Waals surface area contributed by atoms with Gasteiger partial charge in [-0.05, 0) is 18.2 Å². The van der Waals surface area contributed by atoms with Crippen molar-refractivity contribution < 1.29 is 27.6 Å². The summed E-state index contributed by atoms with van der Waals surface area (Å²) in [4.78, 5) is 28.5. The van der Waals surface area contributed by atoms with Crippen molar-refractivity contribution in [3.05, 3.63) is 54.0 Å². The first-order valence-electron chi connectivity index (χ1n) is 12.5. The van der Waals surface area contributed by atoms with Crippen LogP contribution in [0.4, 0.5) is 24.9 Å². The van der Waals surface area contributed by atoms with Gasteiger partial charge in [0, 0.05) is 51.4 Å². The predicted molar refractivity (Wildman–Crippen MR) is 134 cm³/mol. The van der Waals surface area contributed by atoms with Crippen molar-refractivity contribution in [1.82, 2.24) is 39.7 Å². The third kappa shape index (κ3) is 5.00. The minimum absolute atomic E-state index is 0.0573. The highest BCUT2D eigenvalue weighted by Crippen LogP contribution is 2.34. The first-order valence-corrected chi connectivity index (χ1v) is 12.5. The van der Waals surface area contributed by atoms with Gasteiger partial charge in [0.25, 0.3) is 5.91 Å². The van der Waals surface area contributed by atoms with Gasteiger partial charge in [0.15, 0.2) is 11.6 Å². The van der Waals surface area contributed by atoms with Crippen LogP contribution in [-0.2, 0) is 23.5 Å². The summed E-state index contributed by atoms with van der Waals surface area (Å²) in [6.07, 6.45) is -2.51. The fourth-order valence-electron chi connectivity index (χ4n) is 4.84. The van der Waals surface area contributed by atoms with Gasteiger partial charge < -0.3 is 19.8 Å². The molecule has 0 unspecified atom stereocenters. The van der Waals surface area contributed by atoms with Crippen molar-refractivity contribution in [1.29, 1.82) is 0 Å². The maximum absolute atomic E-state index is 12.8. The van der Waals surface area contributed by atoms with Crippen LogP contribution in [0.15, 0.2) is 47.1 Å². The molecule has 1 amide bonds. The largest absolute Gasteiger partial charge is 0.401 e. The van der Waals surface area contributed by atoms with E-state index in [1.165, 1.54) is 15.9 Å². The molecular weight excluding hydrogens is 531 g/mol. The number of pyridine rings is 1. The molecule has 0 spiro atoms. The monoisotopic (exact) mass is 555 g/mol. The number of carbonyl (C=O) groups excluding carboxylic acids is 1. The number of hydrogen-bond donors (Lipinski definition) is 2. The minimum atomic E-state index is -4.26. The first kappa shape index (κ1) is 25.9. The van der Waals surface area contributed by atoms with Gasteiger partial charge in [0.2, 0.25) is 11.5 Å². The Balaban J connectivity index is 1.19. The number of amides is 1. The molecule has 6 heterocycles. The molecule has 12 nitrogen and oxygen atoms in total. The average molecular weight is 556 g/mol. The second-order valence-electron chi connectivity index (χ2n) is 9.78. The van der Waals surface area contributed by atoms with E-state index in [4.69, 9.17) is 4.52 Å². The molecule has 0 saturated carbocycles. The topological polar surface area (TPSA) is 138 Å². The second kappa shape index (κ2) is 9.67. The van der Waals surface area contributed by atoms with Crippen molar-refractivity contribution in [2.24, 2.45) is 0 Å². The molecule has 0 aliphatic carbocycles. The quantitative estimate of drug-likeness (QED) is 0.365. The number of nitrogens with one attached hydrogen (secondary N) is 1.